The maximum absolute atomic E-state index is 12.2. The first-order valence-electron chi connectivity index (χ1n) is 9.53. The van der Waals surface area contributed by atoms with Crippen molar-refractivity contribution in [3.05, 3.63) is 35.9 Å². The van der Waals surface area contributed by atoms with E-state index in [-0.39, 0.29) is 24.9 Å². The van der Waals surface area contributed by atoms with E-state index in [2.05, 4.69) is 13.8 Å². The zero-order valence-corrected chi connectivity index (χ0v) is 15.6. The van der Waals surface area contributed by atoms with Crippen molar-refractivity contribution in [2.75, 3.05) is 0 Å². The number of benzene rings is 1. The molecular formula is C21H32O4. The van der Waals surface area contributed by atoms with Crippen molar-refractivity contribution in [3.63, 3.8) is 0 Å². The number of esters is 1. The van der Waals surface area contributed by atoms with Gasteiger partial charge < -0.3 is 9.84 Å². The number of hydrogen-bond acceptors (Lipinski definition) is 3. The number of hydrogen-bond donors (Lipinski definition) is 1. The van der Waals surface area contributed by atoms with Gasteiger partial charge in [0.2, 0.25) is 0 Å². The molecule has 0 bridgehead atoms. The van der Waals surface area contributed by atoms with Crippen molar-refractivity contribution >= 4 is 11.9 Å². The minimum Gasteiger partial charge on any atom is -0.481 e. The van der Waals surface area contributed by atoms with Gasteiger partial charge in [0.25, 0.3) is 0 Å². The first-order valence-corrected chi connectivity index (χ1v) is 9.53. The first-order chi connectivity index (χ1) is 12.1. The summed E-state index contributed by atoms with van der Waals surface area (Å²) < 4.78 is 5.77. The highest BCUT2D eigenvalue weighted by Gasteiger charge is 2.20. The van der Waals surface area contributed by atoms with Gasteiger partial charge in [0, 0.05) is 12.8 Å². The fourth-order valence-electron chi connectivity index (χ4n) is 2.97. The Morgan fingerprint density at radius 2 is 1.72 bits per heavy atom. The van der Waals surface area contributed by atoms with E-state index in [1.807, 2.05) is 30.3 Å². The Kier molecular flexibility index (Phi) is 10.6. The van der Waals surface area contributed by atoms with Gasteiger partial charge in [-0.25, -0.2) is 0 Å². The van der Waals surface area contributed by atoms with E-state index in [4.69, 9.17) is 9.84 Å². The number of carboxylic acid groups (broad SMARTS) is 1. The molecule has 1 aromatic carbocycles. The van der Waals surface area contributed by atoms with Crippen molar-refractivity contribution < 1.29 is 19.4 Å². The third-order valence-corrected chi connectivity index (χ3v) is 4.56. The molecule has 0 radical (unpaired) electrons. The van der Waals surface area contributed by atoms with Crippen LogP contribution in [0.4, 0.5) is 0 Å². The quantitative estimate of drug-likeness (QED) is 0.376. The summed E-state index contributed by atoms with van der Waals surface area (Å²) in [5.41, 5.74) is 1.04. The van der Waals surface area contributed by atoms with Gasteiger partial charge in [-0.3, -0.25) is 9.59 Å². The molecule has 0 spiro atoms. The van der Waals surface area contributed by atoms with Gasteiger partial charge in [0.05, 0.1) is 0 Å². The van der Waals surface area contributed by atoms with Gasteiger partial charge in [-0.05, 0) is 30.7 Å². The van der Waals surface area contributed by atoms with Crippen LogP contribution in [0.2, 0.25) is 0 Å². The Morgan fingerprint density at radius 3 is 2.32 bits per heavy atom. The second kappa shape index (κ2) is 12.5. The predicted octanol–water partition coefficient (Wildman–Crippen LogP) is 5.52. The molecule has 0 aliphatic heterocycles. The molecule has 0 fully saturated rings. The Hall–Kier alpha value is -1.84. The number of carbonyl (C=O) groups excluding carboxylic acids is 1. The van der Waals surface area contributed by atoms with Crippen LogP contribution in [0.15, 0.2) is 30.3 Å². The summed E-state index contributed by atoms with van der Waals surface area (Å²) in [4.78, 5) is 22.7. The van der Waals surface area contributed by atoms with Gasteiger partial charge in [-0.1, -0.05) is 69.9 Å². The van der Waals surface area contributed by atoms with E-state index in [0.717, 1.165) is 24.8 Å². The molecule has 0 aromatic heterocycles. The molecule has 0 aliphatic carbocycles. The fourth-order valence-corrected chi connectivity index (χ4v) is 2.97. The average molecular weight is 348 g/mol. The van der Waals surface area contributed by atoms with E-state index in [0.29, 0.717) is 18.8 Å². The predicted molar refractivity (Wildman–Crippen MR) is 99.3 cm³/mol. The minimum atomic E-state index is -0.822. The Morgan fingerprint density at radius 1 is 1.04 bits per heavy atom. The lowest BCUT2D eigenvalue weighted by Gasteiger charge is -2.23. The van der Waals surface area contributed by atoms with Gasteiger partial charge >= 0.3 is 11.9 Å². The molecule has 25 heavy (non-hydrogen) atoms. The van der Waals surface area contributed by atoms with Gasteiger partial charge in [-0.15, -0.1) is 0 Å². The van der Waals surface area contributed by atoms with Crippen molar-refractivity contribution in [2.45, 2.75) is 77.7 Å². The van der Waals surface area contributed by atoms with Gasteiger partial charge in [-0.2, -0.15) is 0 Å². The van der Waals surface area contributed by atoms with Crippen LogP contribution >= 0.6 is 0 Å². The molecule has 4 heteroatoms. The smallest absolute Gasteiger partial charge is 0.306 e. The summed E-state index contributed by atoms with van der Waals surface area (Å²) >= 11 is 0. The second-order valence-electron chi connectivity index (χ2n) is 6.64. The van der Waals surface area contributed by atoms with E-state index in [1.165, 1.54) is 12.8 Å². The third kappa shape index (κ3) is 9.28. The monoisotopic (exact) mass is 348 g/mol. The van der Waals surface area contributed by atoms with E-state index in [1.54, 1.807) is 0 Å². The zero-order valence-electron chi connectivity index (χ0n) is 15.6. The third-order valence-electron chi connectivity index (χ3n) is 4.56. The fraction of sp³-hybridized carbons (Fsp3) is 0.619. The van der Waals surface area contributed by atoms with Crippen molar-refractivity contribution in [3.8, 4) is 0 Å². The molecule has 1 N–H and O–H groups in total. The molecule has 1 rings (SSSR count). The van der Waals surface area contributed by atoms with Crippen LogP contribution in [0.5, 0.6) is 0 Å². The van der Waals surface area contributed by atoms with Gasteiger partial charge in [0.15, 0.2) is 0 Å². The van der Waals surface area contributed by atoms with Crippen LogP contribution in [-0.4, -0.2) is 17.0 Å². The summed E-state index contributed by atoms with van der Waals surface area (Å²) in [6.45, 7) is 4.38. The van der Waals surface area contributed by atoms with Crippen LogP contribution in [0.3, 0.4) is 0 Å². The molecule has 2 unspecified atom stereocenters. The maximum Gasteiger partial charge on any atom is 0.306 e. The Balaban J connectivity index is 2.62. The first kappa shape index (κ1) is 21.2. The highest BCUT2D eigenvalue weighted by atomic mass is 16.5. The number of rotatable bonds is 13. The number of aliphatic carboxylic acids is 1. The molecule has 1 aromatic rings. The molecule has 2 atom stereocenters. The summed E-state index contributed by atoms with van der Waals surface area (Å²) in [5.74, 6) is -0.508. The summed E-state index contributed by atoms with van der Waals surface area (Å²) in [7, 11) is 0. The maximum atomic E-state index is 12.2. The van der Waals surface area contributed by atoms with Crippen LogP contribution in [-0.2, 0) is 14.3 Å². The lowest BCUT2D eigenvalue weighted by Crippen LogP contribution is -2.15. The van der Waals surface area contributed by atoms with E-state index >= 15 is 0 Å². The number of ether oxygens (including phenoxy) is 1. The Labute approximate surface area is 151 Å². The van der Waals surface area contributed by atoms with E-state index in [9.17, 15) is 9.59 Å². The zero-order chi connectivity index (χ0) is 18.5. The molecule has 0 saturated carbocycles. The molecule has 0 aliphatic rings. The SMILES string of the molecule is CCCCC(CC)CC(OC(=O)CCCCC(=O)O)c1ccccc1. The van der Waals surface area contributed by atoms with Crippen LogP contribution in [0, 0.1) is 5.92 Å². The summed E-state index contributed by atoms with van der Waals surface area (Å²) in [6.07, 6.45) is 6.70. The van der Waals surface area contributed by atoms with E-state index < -0.39 is 5.97 Å². The minimum absolute atomic E-state index is 0.102. The number of unbranched alkanes of at least 4 members (excludes halogenated alkanes) is 2. The summed E-state index contributed by atoms with van der Waals surface area (Å²) in [6, 6.07) is 9.92. The van der Waals surface area contributed by atoms with Crippen LogP contribution in [0.25, 0.3) is 0 Å². The van der Waals surface area contributed by atoms with Crippen molar-refractivity contribution in [2.24, 2.45) is 5.92 Å². The molecule has 140 valence electrons. The highest BCUT2D eigenvalue weighted by Crippen LogP contribution is 2.30. The molecule has 4 nitrogen and oxygen atoms in total. The van der Waals surface area contributed by atoms with Crippen LogP contribution < -0.4 is 0 Å². The highest BCUT2D eigenvalue weighted by molar-refractivity contribution is 5.70. The largest absolute Gasteiger partial charge is 0.481 e. The topological polar surface area (TPSA) is 63.6 Å². The van der Waals surface area contributed by atoms with Crippen molar-refractivity contribution in [1.82, 2.24) is 0 Å². The second-order valence-corrected chi connectivity index (χ2v) is 6.64. The molecular weight excluding hydrogens is 316 g/mol. The standard InChI is InChI=1S/C21H32O4/c1-3-5-11-17(4-2)16-19(18-12-7-6-8-13-18)25-21(24)15-10-9-14-20(22)23/h6-8,12-13,17,19H,3-5,9-11,14-16H2,1-2H3,(H,22,23). The normalized spacial score (nSPS) is 13.2. The average Bonchev–Trinajstić information content (AvgIpc) is 2.62. The van der Waals surface area contributed by atoms with Gasteiger partial charge in [0.1, 0.15) is 6.10 Å². The number of carbonyl (C=O) groups is 2. The number of carboxylic acids is 1. The molecule has 0 amide bonds. The lowest BCUT2D eigenvalue weighted by atomic mass is 9.90. The summed E-state index contributed by atoms with van der Waals surface area (Å²) in [5, 5.41) is 8.65. The Bertz CT molecular complexity index is 498. The lowest BCUT2D eigenvalue weighted by molar-refractivity contribution is -0.151. The molecule has 0 saturated heterocycles. The van der Waals surface area contributed by atoms with Crippen molar-refractivity contribution in [1.29, 1.82) is 0 Å². The van der Waals surface area contributed by atoms with Crippen LogP contribution in [0.1, 0.15) is 83.3 Å². The molecule has 0 heterocycles.